The first kappa shape index (κ1) is 9.51. The van der Waals surface area contributed by atoms with E-state index in [9.17, 15) is 0 Å². The molecule has 2 fully saturated rings. The minimum atomic E-state index is 0.926. The molecule has 0 amide bonds. The molecule has 1 aliphatic heterocycles. The van der Waals surface area contributed by atoms with Crippen molar-refractivity contribution in [2.24, 2.45) is 23.7 Å². The van der Waals surface area contributed by atoms with E-state index in [2.05, 4.69) is 19.2 Å². The van der Waals surface area contributed by atoms with Gasteiger partial charge in [0, 0.05) is 0 Å². The molecule has 0 aromatic rings. The maximum Gasteiger partial charge on any atom is -0.00147 e. The van der Waals surface area contributed by atoms with Gasteiger partial charge in [-0.15, -0.1) is 0 Å². The number of hydrogen-bond acceptors (Lipinski definition) is 1. The summed E-state index contributed by atoms with van der Waals surface area (Å²) >= 11 is 0. The van der Waals surface area contributed by atoms with Crippen molar-refractivity contribution in [3.8, 4) is 0 Å². The Labute approximate surface area is 82.3 Å². The molecule has 2 rings (SSSR count). The van der Waals surface area contributed by atoms with Gasteiger partial charge >= 0.3 is 0 Å². The van der Waals surface area contributed by atoms with Crippen molar-refractivity contribution in [3.05, 3.63) is 0 Å². The van der Waals surface area contributed by atoms with Gasteiger partial charge in [-0.2, -0.15) is 0 Å². The zero-order valence-corrected chi connectivity index (χ0v) is 9.05. The molecule has 0 radical (unpaired) electrons. The Kier molecular flexibility index (Phi) is 2.92. The van der Waals surface area contributed by atoms with Crippen LogP contribution in [0.1, 0.15) is 39.5 Å². The molecule has 76 valence electrons. The molecule has 2 aliphatic rings. The smallest absolute Gasteiger partial charge is 0.00147 e. The second-order valence-corrected chi connectivity index (χ2v) is 5.33. The fourth-order valence-electron chi connectivity index (χ4n) is 3.33. The van der Waals surface area contributed by atoms with Crippen LogP contribution < -0.4 is 5.32 Å². The normalized spacial score (nSPS) is 46.6. The zero-order valence-electron chi connectivity index (χ0n) is 9.05. The Bertz CT molecular complexity index is 167. The molecular weight excluding hydrogens is 158 g/mol. The summed E-state index contributed by atoms with van der Waals surface area (Å²) < 4.78 is 0. The van der Waals surface area contributed by atoms with Crippen LogP contribution in [0.25, 0.3) is 0 Å². The topological polar surface area (TPSA) is 12.0 Å². The lowest BCUT2D eigenvalue weighted by atomic mass is 9.73. The van der Waals surface area contributed by atoms with Crippen molar-refractivity contribution >= 4 is 0 Å². The van der Waals surface area contributed by atoms with E-state index in [1.165, 1.54) is 38.8 Å². The second-order valence-electron chi connectivity index (χ2n) is 5.33. The van der Waals surface area contributed by atoms with Gasteiger partial charge in [-0.3, -0.25) is 0 Å². The van der Waals surface area contributed by atoms with Gasteiger partial charge < -0.3 is 5.32 Å². The maximum absolute atomic E-state index is 3.53. The molecule has 1 saturated heterocycles. The van der Waals surface area contributed by atoms with E-state index in [0.29, 0.717) is 0 Å². The molecule has 1 aliphatic carbocycles. The first-order chi connectivity index (χ1) is 6.27. The van der Waals surface area contributed by atoms with Gasteiger partial charge in [-0.05, 0) is 43.2 Å². The Balaban J connectivity index is 1.91. The Morgan fingerprint density at radius 3 is 2.54 bits per heavy atom. The third-order valence-corrected chi connectivity index (χ3v) is 4.16. The van der Waals surface area contributed by atoms with Crippen LogP contribution in [0, 0.1) is 23.7 Å². The Morgan fingerprint density at radius 2 is 1.92 bits per heavy atom. The molecule has 1 N–H and O–H groups in total. The summed E-state index contributed by atoms with van der Waals surface area (Å²) in [6.45, 7) is 7.40. The lowest BCUT2D eigenvalue weighted by Gasteiger charge is -2.32. The monoisotopic (exact) mass is 181 g/mol. The van der Waals surface area contributed by atoms with Gasteiger partial charge in [0.2, 0.25) is 0 Å². The van der Waals surface area contributed by atoms with Crippen LogP contribution >= 0.6 is 0 Å². The first-order valence-corrected chi connectivity index (χ1v) is 5.98. The van der Waals surface area contributed by atoms with E-state index in [0.717, 1.165) is 23.7 Å². The van der Waals surface area contributed by atoms with E-state index in [-0.39, 0.29) is 0 Å². The molecule has 13 heavy (non-hydrogen) atoms. The summed E-state index contributed by atoms with van der Waals surface area (Å²) in [4.78, 5) is 0. The van der Waals surface area contributed by atoms with Crippen molar-refractivity contribution in [2.75, 3.05) is 13.1 Å². The van der Waals surface area contributed by atoms with Crippen LogP contribution in [-0.2, 0) is 0 Å². The summed E-state index contributed by atoms with van der Waals surface area (Å²) in [5, 5.41) is 3.53. The highest BCUT2D eigenvalue weighted by molar-refractivity contribution is 4.86. The second kappa shape index (κ2) is 4.00. The highest BCUT2D eigenvalue weighted by atomic mass is 14.9. The van der Waals surface area contributed by atoms with Crippen LogP contribution in [0.5, 0.6) is 0 Å². The van der Waals surface area contributed by atoms with Crippen molar-refractivity contribution in [3.63, 3.8) is 0 Å². The number of rotatable bonds is 1. The third kappa shape index (κ3) is 2.07. The third-order valence-electron chi connectivity index (χ3n) is 4.16. The maximum atomic E-state index is 3.53. The molecule has 1 saturated carbocycles. The van der Waals surface area contributed by atoms with Crippen molar-refractivity contribution in [1.29, 1.82) is 0 Å². The summed E-state index contributed by atoms with van der Waals surface area (Å²) in [5.41, 5.74) is 0. The molecule has 1 heterocycles. The minimum Gasteiger partial charge on any atom is -0.316 e. The van der Waals surface area contributed by atoms with Gasteiger partial charge in [0.25, 0.3) is 0 Å². The van der Waals surface area contributed by atoms with Crippen molar-refractivity contribution in [2.45, 2.75) is 39.5 Å². The lowest BCUT2D eigenvalue weighted by Crippen LogP contribution is -2.26. The summed E-state index contributed by atoms with van der Waals surface area (Å²) in [6, 6.07) is 0. The fraction of sp³-hybridized carbons (Fsp3) is 1.00. The molecule has 0 bridgehead atoms. The summed E-state index contributed by atoms with van der Waals surface area (Å²) in [6.07, 6.45) is 5.96. The Hall–Kier alpha value is -0.0400. The summed E-state index contributed by atoms with van der Waals surface area (Å²) in [7, 11) is 0. The first-order valence-electron chi connectivity index (χ1n) is 5.98. The van der Waals surface area contributed by atoms with Crippen LogP contribution in [0.3, 0.4) is 0 Å². The predicted octanol–water partition coefficient (Wildman–Crippen LogP) is 2.67. The van der Waals surface area contributed by atoms with E-state index in [1.54, 1.807) is 0 Å². The molecule has 1 heteroatoms. The van der Waals surface area contributed by atoms with Gasteiger partial charge in [0.05, 0.1) is 0 Å². The van der Waals surface area contributed by atoms with Crippen molar-refractivity contribution < 1.29 is 0 Å². The Morgan fingerprint density at radius 1 is 1.08 bits per heavy atom. The molecule has 0 spiro atoms. The standard InChI is InChI=1S/C12H23N/c1-9-4-3-5-11(6-9)12-8-13-7-10(12)2/h9-13H,3-8H2,1-2H3. The number of hydrogen-bond donors (Lipinski definition) is 1. The predicted molar refractivity (Wildman–Crippen MR) is 56.6 cm³/mol. The molecule has 1 nitrogen and oxygen atoms in total. The lowest BCUT2D eigenvalue weighted by molar-refractivity contribution is 0.188. The largest absolute Gasteiger partial charge is 0.316 e. The molecule has 0 aromatic heterocycles. The highest BCUT2D eigenvalue weighted by Gasteiger charge is 2.32. The van der Waals surface area contributed by atoms with Gasteiger partial charge in [0.1, 0.15) is 0 Å². The molecular formula is C12H23N. The molecule has 4 unspecified atom stereocenters. The number of nitrogens with one attached hydrogen (secondary N) is 1. The van der Waals surface area contributed by atoms with Crippen LogP contribution in [0.2, 0.25) is 0 Å². The van der Waals surface area contributed by atoms with E-state index >= 15 is 0 Å². The van der Waals surface area contributed by atoms with Crippen LogP contribution in [0.4, 0.5) is 0 Å². The fourth-order valence-corrected chi connectivity index (χ4v) is 3.33. The van der Waals surface area contributed by atoms with Gasteiger partial charge in [-0.25, -0.2) is 0 Å². The SMILES string of the molecule is CC1CCCC(C2CNCC2C)C1. The van der Waals surface area contributed by atoms with Gasteiger partial charge in [0.15, 0.2) is 0 Å². The minimum absolute atomic E-state index is 0.926. The highest BCUT2D eigenvalue weighted by Crippen LogP contribution is 2.37. The average molecular weight is 181 g/mol. The average Bonchev–Trinajstić information content (AvgIpc) is 2.51. The van der Waals surface area contributed by atoms with Crippen LogP contribution in [-0.4, -0.2) is 13.1 Å². The quantitative estimate of drug-likeness (QED) is 0.656. The van der Waals surface area contributed by atoms with Crippen molar-refractivity contribution in [1.82, 2.24) is 5.32 Å². The van der Waals surface area contributed by atoms with E-state index in [4.69, 9.17) is 0 Å². The van der Waals surface area contributed by atoms with E-state index in [1.807, 2.05) is 0 Å². The van der Waals surface area contributed by atoms with Gasteiger partial charge in [-0.1, -0.05) is 33.1 Å². The molecule has 4 atom stereocenters. The van der Waals surface area contributed by atoms with E-state index < -0.39 is 0 Å². The zero-order chi connectivity index (χ0) is 9.26. The van der Waals surface area contributed by atoms with Crippen LogP contribution in [0.15, 0.2) is 0 Å². The summed E-state index contributed by atoms with van der Waals surface area (Å²) in [5.74, 6) is 3.94. The molecule has 0 aromatic carbocycles.